The smallest absolute Gasteiger partial charge is 0.253 e. The van der Waals surface area contributed by atoms with Crippen LogP contribution in [-0.4, -0.2) is 30.7 Å². The lowest BCUT2D eigenvalue weighted by Gasteiger charge is -2.12. The van der Waals surface area contributed by atoms with E-state index >= 15 is 0 Å². The maximum Gasteiger partial charge on any atom is 0.253 e. The highest BCUT2D eigenvalue weighted by molar-refractivity contribution is 7.98. The van der Waals surface area contributed by atoms with Crippen molar-refractivity contribution in [3.63, 3.8) is 0 Å². The second-order valence-electron chi connectivity index (χ2n) is 5.93. The average molecular weight is 355 g/mol. The molecule has 0 unspecified atom stereocenters. The van der Waals surface area contributed by atoms with Crippen molar-refractivity contribution in [1.82, 2.24) is 5.32 Å². The lowest BCUT2D eigenvalue weighted by atomic mass is 10.1. The summed E-state index contributed by atoms with van der Waals surface area (Å²) in [6, 6.07) is 15.2. The molecule has 1 aliphatic rings. The molecule has 0 heterocycles. The van der Waals surface area contributed by atoms with Gasteiger partial charge in [-0.05, 0) is 49.4 Å². The Bertz CT molecular complexity index is 775. The Labute approximate surface area is 151 Å². The molecule has 0 saturated heterocycles. The van der Waals surface area contributed by atoms with Crippen LogP contribution in [0.5, 0.6) is 0 Å². The van der Waals surface area contributed by atoms with Crippen LogP contribution in [0.1, 0.15) is 23.2 Å². The molecule has 0 spiro atoms. The number of nitrogens with one attached hydrogen (secondary N) is 3. The largest absolute Gasteiger partial charge is 0.376 e. The molecule has 1 aliphatic carbocycles. The van der Waals surface area contributed by atoms with Gasteiger partial charge in [0.05, 0.1) is 12.1 Å². The normalized spacial score (nSPS) is 13.2. The molecule has 5 nitrogen and oxygen atoms in total. The lowest BCUT2D eigenvalue weighted by molar-refractivity contribution is -0.114. The van der Waals surface area contributed by atoms with Crippen LogP contribution in [0, 0.1) is 0 Å². The van der Waals surface area contributed by atoms with Gasteiger partial charge in [-0.3, -0.25) is 9.59 Å². The maximum atomic E-state index is 12.3. The number of rotatable bonds is 7. The highest BCUT2D eigenvalue weighted by Crippen LogP contribution is 2.22. The van der Waals surface area contributed by atoms with Crippen molar-refractivity contribution in [2.24, 2.45) is 0 Å². The van der Waals surface area contributed by atoms with Gasteiger partial charge in [0, 0.05) is 22.3 Å². The topological polar surface area (TPSA) is 70.2 Å². The van der Waals surface area contributed by atoms with Gasteiger partial charge in [-0.2, -0.15) is 0 Å². The summed E-state index contributed by atoms with van der Waals surface area (Å²) in [5.74, 6) is -0.255. The van der Waals surface area contributed by atoms with E-state index in [2.05, 4.69) is 16.0 Å². The second-order valence-corrected chi connectivity index (χ2v) is 6.81. The van der Waals surface area contributed by atoms with E-state index in [4.69, 9.17) is 0 Å². The number of hydrogen-bond acceptors (Lipinski definition) is 4. The zero-order valence-corrected chi connectivity index (χ0v) is 14.9. The molecule has 6 heteroatoms. The van der Waals surface area contributed by atoms with Gasteiger partial charge in [0.2, 0.25) is 5.91 Å². The molecule has 3 rings (SSSR count). The number of amides is 2. The van der Waals surface area contributed by atoms with Crippen molar-refractivity contribution in [2.45, 2.75) is 23.8 Å². The fraction of sp³-hybridized carbons (Fsp3) is 0.263. The fourth-order valence-electron chi connectivity index (χ4n) is 2.41. The predicted molar refractivity (Wildman–Crippen MR) is 102 cm³/mol. The van der Waals surface area contributed by atoms with Crippen LogP contribution >= 0.6 is 11.8 Å². The molecule has 130 valence electrons. The number of hydrogen-bond donors (Lipinski definition) is 3. The van der Waals surface area contributed by atoms with Crippen molar-refractivity contribution >= 4 is 35.0 Å². The molecule has 0 bridgehead atoms. The van der Waals surface area contributed by atoms with Crippen LogP contribution in [-0.2, 0) is 4.79 Å². The van der Waals surface area contributed by atoms with Crippen LogP contribution in [0.3, 0.4) is 0 Å². The quantitative estimate of drug-likeness (QED) is 0.666. The van der Waals surface area contributed by atoms with Crippen molar-refractivity contribution in [3.8, 4) is 0 Å². The van der Waals surface area contributed by atoms with Crippen LogP contribution in [0.25, 0.3) is 0 Å². The first kappa shape index (κ1) is 17.4. The van der Waals surface area contributed by atoms with Crippen LogP contribution in [0.2, 0.25) is 0 Å². The van der Waals surface area contributed by atoms with E-state index in [1.165, 1.54) is 0 Å². The minimum atomic E-state index is -0.157. The van der Waals surface area contributed by atoms with E-state index in [-0.39, 0.29) is 18.4 Å². The summed E-state index contributed by atoms with van der Waals surface area (Å²) < 4.78 is 0. The number of carbonyl (C=O) groups is 2. The molecule has 2 aromatic carbocycles. The standard InChI is InChI=1S/C19H21N3O2S/c1-25-15-6-4-5-14(11-15)21-18(23)12-20-17-8-3-2-7-16(17)19(24)22-13-9-10-13/h2-8,11,13,20H,9-10,12H2,1H3,(H,21,23)(H,22,24). The summed E-state index contributed by atoms with van der Waals surface area (Å²) in [6.45, 7) is 0.0945. The summed E-state index contributed by atoms with van der Waals surface area (Å²) in [4.78, 5) is 25.5. The van der Waals surface area contributed by atoms with Gasteiger partial charge in [0.25, 0.3) is 5.91 Å². The van der Waals surface area contributed by atoms with Crippen molar-refractivity contribution in [1.29, 1.82) is 0 Å². The first-order valence-electron chi connectivity index (χ1n) is 8.23. The SMILES string of the molecule is CSc1cccc(NC(=O)CNc2ccccc2C(=O)NC2CC2)c1. The van der Waals surface area contributed by atoms with Gasteiger partial charge in [-0.25, -0.2) is 0 Å². The van der Waals surface area contributed by atoms with Gasteiger partial charge in [0.15, 0.2) is 0 Å². The molecule has 0 atom stereocenters. The zero-order chi connectivity index (χ0) is 17.6. The Hall–Kier alpha value is -2.47. The predicted octanol–water partition coefficient (Wildman–Crippen LogP) is 3.35. The molecular weight excluding hydrogens is 334 g/mol. The van der Waals surface area contributed by atoms with E-state index < -0.39 is 0 Å². The van der Waals surface area contributed by atoms with Gasteiger partial charge >= 0.3 is 0 Å². The van der Waals surface area contributed by atoms with Crippen LogP contribution < -0.4 is 16.0 Å². The van der Waals surface area contributed by atoms with Crippen LogP contribution in [0.15, 0.2) is 53.4 Å². The van der Waals surface area contributed by atoms with Gasteiger partial charge in [-0.1, -0.05) is 18.2 Å². The number of carbonyl (C=O) groups excluding carboxylic acids is 2. The molecule has 2 aromatic rings. The zero-order valence-electron chi connectivity index (χ0n) is 14.0. The highest BCUT2D eigenvalue weighted by Gasteiger charge is 2.24. The third-order valence-electron chi connectivity index (χ3n) is 3.88. The number of thioether (sulfide) groups is 1. The van der Waals surface area contributed by atoms with Gasteiger partial charge < -0.3 is 16.0 Å². The molecule has 0 radical (unpaired) electrons. The van der Waals surface area contributed by atoms with E-state index in [1.807, 2.05) is 48.7 Å². The number of para-hydroxylation sites is 1. The van der Waals surface area contributed by atoms with Crippen molar-refractivity contribution < 1.29 is 9.59 Å². The van der Waals surface area contributed by atoms with Crippen LogP contribution in [0.4, 0.5) is 11.4 Å². The lowest BCUT2D eigenvalue weighted by Crippen LogP contribution is -2.27. The third-order valence-corrected chi connectivity index (χ3v) is 4.60. The fourth-order valence-corrected chi connectivity index (χ4v) is 2.87. The van der Waals surface area contributed by atoms with E-state index in [9.17, 15) is 9.59 Å². The Kier molecular flexibility index (Phi) is 5.60. The monoisotopic (exact) mass is 355 g/mol. The Morgan fingerprint density at radius 3 is 2.68 bits per heavy atom. The molecule has 1 saturated carbocycles. The minimum Gasteiger partial charge on any atom is -0.376 e. The summed E-state index contributed by atoms with van der Waals surface area (Å²) in [6.07, 6.45) is 4.07. The minimum absolute atomic E-state index is 0.0945. The van der Waals surface area contributed by atoms with E-state index in [1.54, 1.807) is 17.8 Å². The van der Waals surface area contributed by atoms with Gasteiger partial charge in [0.1, 0.15) is 0 Å². The highest BCUT2D eigenvalue weighted by atomic mass is 32.2. The first-order chi connectivity index (χ1) is 12.2. The number of anilines is 2. The Morgan fingerprint density at radius 2 is 1.92 bits per heavy atom. The van der Waals surface area contributed by atoms with E-state index in [0.29, 0.717) is 17.3 Å². The average Bonchev–Trinajstić information content (AvgIpc) is 3.44. The molecule has 3 N–H and O–H groups in total. The van der Waals surface area contributed by atoms with E-state index in [0.717, 1.165) is 23.4 Å². The summed E-state index contributed by atoms with van der Waals surface area (Å²) in [7, 11) is 0. The second kappa shape index (κ2) is 8.07. The van der Waals surface area contributed by atoms with Crippen molar-refractivity contribution in [3.05, 3.63) is 54.1 Å². The Balaban J connectivity index is 1.59. The summed E-state index contributed by atoms with van der Waals surface area (Å²) in [5, 5.41) is 8.89. The third kappa shape index (κ3) is 5.00. The number of benzene rings is 2. The maximum absolute atomic E-state index is 12.3. The summed E-state index contributed by atoms with van der Waals surface area (Å²) >= 11 is 1.62. The molecule has 2 amide bonds. The molecule has 0 aromatic heterocycles. The summed E-state index contributed by atoms with van der Waals surface area (Å²) in [5.41, 5.74) is 1.98. The van der Waals surface area contributed by atoms with Gasteiger partial charge in [-0.15, -0.1) is 11.8 Å². The molecule has 25 heavy (non-hydrogen) atoms. The Morgan fingerprint density at radius 1 is 1.12 bits per heavy atom. The molecule has 1 fully saturated rings. The first-order valence-corrected chi connectivity index (χ1v) is 9.46. The van der Waals surface area contributed by atoms with Crippen molar-refractivity contribution in [2.75, 3.05) is 23.4 Å². The molecule has 0 aliphatic heterocycles. The molecular formula is C19H21N3O2S.